The lowest BCUT2D eigenvalue weighted by atomic mass is 10.3. The van der Waals surface area contributed by atoms with Gasteiger partial charge in [-0.05, 0) is 37.1 Å². The molecule has 3 N–H and O–H groups in total. The average molecular weight is 315 g/mol. The van der Waals surface area contributed by atoms with Gasteiger partial charge in [0.15, 0.2) is 0 Å². The van der Waals surface area contributed by atoms with E-state index in [-0.39, 0.29) is 11.6 Å². The molecule has 8 heteroatoms. The minimum atomic E-state index is -3.45. The lowest BCUT2D eigenvalue weighted by molar-refractivity contribution is 0.377. The quantitative estimate of drug-likeness (QED) is 0.768. The Bertz CT molecular complexity index is 566. The van der Waals surface area contributed by atoms with Crippen LogP contribution >= 0.6 is 12.2 Å². The predicted molar refractivity (Wildman–Crippen MR) is 82.1 cm³/mol. The molecule has 0 spiro atoms. The molecule has 0 aromatic heterocycles. The van der Waals surface area contributed by atoms with Gasteiger partial charge in [-0.1, -0.05) is 12.2 Å². The molecular formula is C12H17N3O3S2. The van der Waals surface area contributed by atoms with E-state index in [9.17, 15) is 8.42 Å². The second kappa shape index (κ2) is 6.38. The minimum absolute atomic E-state index is 0.161. The fourth-order valence-corrected chi connectivity index (χ4v) is 3.28. The second-order valence-electron chi connectivity index (χ2n) is 4.49. The van der Waals surface area contributed by atoms with Gasteiger partial charge in [0.25, 0.3) is 0 Å². The van der Waals surface area contributed by atoms with Gasteiger partial charge in [0.2, 0.25) is 0 Å². The van der Waals surface area contributed by atoms with Crippen LogP contribution in [0.5, 0.6) is 5.75 Å². The molecule has 1 saturated heterocycles. The van der Waals surface area contributed by atoms with Gasteiger partial charge in [0.05, 0.1) is 5.69 Å². The Labute approximate surface area is 124 Å². The summed E-state index contributed by atoms with van der Waals surface area (Å²) in [6.45, 7) is 1.31. The van der Waals surface area contributed by atoms with Crippen LogP contribution in [0.25, 0.3) is 0 Å². The zero-order valence-corrected chi connectivity index (χ0v) is 12.5. The molecule has 1 heterocycles. The zero-order valence-electron chi connectivity index (χ0n) is 10.9. The standard InChI is InChI=1S/C12H17N3O3S2/c13-12(19)9-18-11-5-3-10(4-6-11)14-20(16,17)15-7-1-2-8-15/h3-6,14H,1-2,7-9H2,(H2,13,19). The summed E-state index contributed by atoms with van der Waals surface area (Å²) in [7, 11) is -3.45. The molecule has 110 valence electrons. The van der Waals surface area contributed by atoms with Gasteiger partial charge < -0.3 is 10.5 Å². The summed E-state index contributed by atoms with van der Waals surface area (Å²) >= 11 is 4.71. The molecule has 0 unspecified atom stereocenters. The largest absolute Gasteiger partial charge is 0.487 e. The zero-order chi connectivity index (χ0) is 14.6. The van der Waals surface area contributed by atoms with Crippen molar-refractivity contribution in [2.75, 3.05) is 24.4 Å². The summed E-state index contributed by atoms with van der Waals surface area (Å²) < 4.78 is 33.4. The summed E-state index contributed by atoms with van der Waals surface area (Å²) in [6, 6.07) is 6.62. The molecule has 1 aromatic rings. The molecular weight excluding hydrogens is 298 g/mol. The molecule has 0 aliphatic carbocycles. The number of nitrogens with one attached hydrogen (secondary N) is 1. The van der Waals surface area contributed by atoms with Crippen LogP contribution in [0.4, 0.5) is 5.69 Å². The van der Waals surface area contributed by atoms with Crippen LogP contribution in [0.2, 0.25) is 0 Å². The number of hydrogen-bond acceptors (Lipinski definition) is 4. The van der Waals surface area contributed by atoms with Crippen LogP contribution < -0.4 is 15.2 Å². The SMILES string of the molecule is NC(=S)COc1ccc(NS(=O)(=O)N2CCCC2)cc1. The van der Waals surface area contributed by atoms with Crippen LogP contribution in [0.15, 0.2) is 24.3 Å². The molecule has 0 radical (unpaired) electrons. The van der Waals surface area contributed by atoms with E-state index < -0.39 is 10.2 Å². The molecule has 1 aliphatic rings. The van der Waals surface area contributed by atoms with Crippen LogP contribution in [0, 0.1) is 0 Å². The Hall–Kier alpha value is -1.38. The first-order valence-corrected chi connectivity index (χ1v) is 8.11. The van der Waals surface area contributed by atoms with Crippen LogP contribution in [-0.2, 0) is 10.2 Å². The third kappa shape index (κ3) is 4.06. The lowest BCUT2D eigenvalue weighted by Crippen LogP contribution is -2.33. The van der Waals surface area contributed by atoms with Crippen molar-refractivity contribution >= 4 is 33.1 Å². The van der Waals surface area contributed by atoms with E-state index >= 15 is 0 Å². The molecule has 1 aliphatic heterocycles. The number of nitrogens with zero attached hydrogens (tertiary/aromatic N) is 1. The Balaban J connectivity index is 1.98. The van der Waals surface area contributed by atoms with Gasteiger partial charge in [-0.25, -0.2) is 0 Å². The number of nitrogens with two attached hydrogens (primary N) is 1. The van der Waals surface area contributed by atoms with Gasteiger partial charge in [-0.15, -0.1) is 0 Å². The summed E-state index contributed by atoms with van der Waals surface area (Å²) in [5, 5.41) is 0. The molecule has 0 bridgehead atoms. The van der Waals surface area contributed by atoms with Gasteiger partial charge in [0.1, 0.15) is 17.3 Å². The molecule has 6 nitrogen and oxygen atoms in total. The highest BCUT2D eigenvalue weighted by molar-refractivity contribution is 7.90. The molecule has 2 rings (SSSR count). The first-order valence-electron chi connectivity index (χ1n) is 6.26. The number of anilines is 1. The fourth-order valence-electron chi connectivity index (χ4n) is 1.92. The molecule has 1 fully saturated rings. The third-order valence-corrected chi connectivity index (χ3v) is 4.54. The van der Waals surface area contributed by atoms with Gasteiger partial charge in [0, 0.05) is 13.1 Å². The average Bonchev–Trinajstić information content (AvgIpc) is 2.92. The third-order valence-electron chi connectivity index (χ3n) is 2.89. The van der Waals surface area contributed by atoms with E-state index in [1.165, 1.54) is 4.31 Å². The smallest absolute Gasteiger partial charge is 0.301 e. The summed E-state index contributed by atoms with van der Waals surface area (Å²) in [6.07, 6.45) is 1.82. The van der Waals surface area contributed by atoms with Crippen LogP contribution in [0.3, 0.4) is 0 Å². The monoisotopic (exact) mass is 315 g/mol. The van der Waals surface area contributed by atoms with Crippen molar-refractivity contribution in [1.82, 2.24) is 4.31 Å². The van der Waals surface area contributed by atoms with E-state index in [1.807, 2.05) is 0 Å². The van der Waals surface area contributed by atoms with Crippen LogP contribution in [0.1, 0.15) is 12.8 Å². The second-order valence-corrected chi connectivity index (χ2v) is 6.69. The summed E-state index contributed by atoms with van der Waals surface area (Å²) in [5.74, 6) is 0.585. The Morgan fingerprint density at radius 1 is 1.30 bits per heavy atom. The maximum atomic E-state index is 12.1. The lowest BCUT2D eigenvalue weighted by Gasteiger charge is -2.17. The van der Waals surface area contributed by atoms with Crippen molar-refractivity contribution < 1.29 is 13.2 Å². The summed E-state index contributed by atoms with van der Waals surface area (Å²) in [4.78, 5) is 0.267. The topological polar surface area (TPSA) is 84.7 Å². The maximum absolute atomic E-state index is 12.1. The maximum Gasteiger partial charge on any atom is 0.301 e. The van der Waals surface area contributed by atoms with E-state index in [1.54, 1.807) is 24.3 Å². The summed E-state index contributed by atoms with van der Waals surface area (Å²) in [5.41, 5.74) is 5.83. The number of hydrogen-bond donors (Lipinski definition) is 2. The highest BCUT2D eigenvalue weighted by Gasteiger charge is 2.24. The van der Waals surface area contributed by atoms with Crippen molar-refractivity contribution in [2.24, 2.45) is 5.73 Å². The Morgan fingerprint density at radius 3 is 2.45 bits per heavy atom. The molecule has 1 aromatic carbocycles. The molecule has 0 saturated carbocycles. The molecule has 0 atom stereocenters. The highest BCUT2D eigenvalue weighted by atomic mass is 32.2. The number of ether oxygens (including phenoxy) is 1. The Morgan fingerprint density at radius 2 is 1.90 bits per heavy atom. The van der Waals surface area contributed by atoms with E-state index in [0.29, 0.717) is 24.5 Å². The van der Waals surface area contributed by atoms with E-state index in [4.69, 9.17) is 22.7 Å². The van der Waals surface area contributed by atoms with Gasteiger partial charge >= 0.3 is 10.2 Å². The van der Waals surface area contributed by atoms with Crippen molar-refractivity contribution in [2.45, 2.75) is 12.8 Å². The predicted octanol–water partition coefficient (Wildman–Crippen LogP) is 1.10. The van der Waals surface area contributed by atoms with E-state index in [2.05, 4.69) is 4.72 Å². The number of benzene rings is 1. The van der Waals surface area contributed by atoms with Crippen molar-refractivity contribution in [3.63, 3.8) is 0 Å². The fraction of sp³-hybridized carbons (Fsp3) is 0.417. The van der Waals surface area contributed by atoms with Crippen molar-refractivity contribution in [1.29, 1.82) is 0 Å². The number of thiocarbonyl (C=S) groups is 1. The first-order chi connectivity index (χ1) is 9.47. The van der Waals surface area contributed by atoms with Crippen molar-refractivity contribution in [3.05, 3.63) is 24.3 Å². The molecule has 20 heavy (non-hydrogen) atoms. The van der Waals surface area contributed by atoms with Gasteiger partial charge in [-0.3, -0.25) is 4.72 Å². The van der Waals surface area contributed by atoms with Gasteiger partial charge in [-0.2, -0.15) is 12.7 Å². The Kier molecular flexibility index (Phi) is 4.79. The normalized spacial score (nSPS) is 16.0. The van der Waals surface area contributed by atoms with Crippen molar-refractivity contribution in [3.8, 4) is 5.75 Å². The number of rotatable bonds is 6. The highest BCUT2D eigenvalue weighted by Crippen LogP contribution is 2.19. The van der Waals surface area contributed by atoms with Crippen LogP contribution in [-0.4, -0.2) is 37.4 Å². The molecule has 0 amide bonds. The van der Waals surface area contributed by atoms with E-state index in [0.717, 1.165) is 12.8 Å². The minimum Gasteiger partial charge on any atom is -0.487 e. The first kappa shape index (κ1) is 15.0.